The van der Waals surface area contributed by atoms with Crippen molar-refractivity contribution in [3.8, 4) is 0 Å². The van der Waals surface area contributed by atoms with Gasteiger partial charge in [-0.15, -0.1) is 0 Å². The molecule has 0 amide bonds. The van der Waals surface area contributed by atoms with Gasteiger partial charge < -0.3 is 15.5 Å². The van der Waals surface area contributed by atoms with E-state index in [1.54, 1.807) is 6.07 Å². The summed E-state index contributed by atoms with van der Waals surface area (Å²) >= 11 is 12.6. The second-order valence-corrected chi connectivity index (χ2v) is 14.9. The number of nitrogens with zero attached hydrogens (tertiary/aromatic N) is 6. The predicted octanol–water partition coefficient (Wildman–Crippen LogP) is 5.60. The molecule has 1 aromatic carbocycles. The van der Waals surface area contributed by atoms with Crippen LogP contribution in [0.5, 0.6) is 0 Å². The lowest BCUT2D eigenvalue weighted by Crippen LogP contribution is -2.52. The van der Waals surface area contributed by atoms with Gasteiger partial charge in [0.25, 0.3) is 0 Å². The molecule has 0 aliphatic carbocycles. The van der Waals surface area contributed by atoms with E-state index in [4.69, 9.17) is 48.9 Å². The first-order valence-corrected chi connectivity index (χ1v) is 17.3. The molecule has 0 saturated carbocycles. The Labute approximate surface area is 247 Å². The van der Waals surface area contributed by atoms with Crippen LogP contribution in [-0.4, -0.2) is 81.1 Å². The molecule has 12 heteroatoms. The van der Waals surface area contributed by atoms with Crippen LogP contribution in [-0.2, 0) is 4.57 Å². The van der Waals surface area contributed by atoms with Gasteiger partial charge in [0.15, 0.2) is 13.0 Å². The van der Waals surface area contributed by atoms with Crippen LogP contribution in [0.3, 0.4) is 0 Å². The highest BCUT2D eigenvalue weighted by Gasteiger charge is 2.36. The number of aryl methyl sites for hydroxylation is 1. The maximum atomic E-state index is 9.77. The van der Waals surface area contributed by atoms with Gasteiger partial charge in [-0.05, 0) is 76.2 Å². The van der Waals surface area contributed by atoms with Crippen molar-refractivity contribution in [1.29, 1.82) is 0 Å². The van der Waals surface area contributed by atoms with Crippen LogP contribution < -0.4 is 10.6 Å². The first-order valence-electron chi connectivity index (χ1n) is 14.0. The van der Waals surface area contributed by atoms with Gasteiger partial charge in [0.1, 0.15) is 11.3 Å². The second kappa shape index (κ2) is 13.1. The summed E-state index contributed by atoms with van der Waals surface area (Å²) in [5.41, 5.74) is 9.33. The molecule has 40 heavy (non-hydrogen) atoms. The Kier molecular flexibility index (Phi) is 10.2. The number of benzene rings is 1. The van der Waals surface area contributed by atoms with Crippen molar-refractivity contribution in [2.24, 2.45) is 11.7 Å². The molecule has 4 heterocycles. The highest BCUT2D eigenvalue weighted by molar-refractivity contribution is 7.56. The Morgan fingerprint density at radius 3 is 2.60 bits per heavy atom. The molecule has 2 fully saturated rings. The van der Waals surface area contributed by atoms with E-state index >= 15 is 0 Å². The summed E-state index contributed by atoms with van der Waals surface area (Å²) in [5, 5.41) is 6.03. The van der Waals surface area contributed by atoms with E-state index in [-0.39, 0.29) is 6.04 Å². The molecule has 2 aliphatic heterocycles. The van der Waals surface area contributed by atoms with Crippen molar-refractivity contribution < 1.29 is 9.46 Å². The third-order valence-corrected chi connectivity index (χ3v) is 8.43. The molecule has 4 atom stereocenters. The number of anilines is 1. The molecule has 1 unspecified atom stereocenters. The molecular weight excluding hydrogens is 568 g/mol. The molecule has 0 radical (unpaired) electrons. The molecule has 3 aromatic rings. The van der Waals surface area contributed by atoms with E-state index < -0.39 is 7.37 Å². The Bertz CT molecular complexity index is 1360. The van der Waals surface area contributed by atoms with Crippen LogP contribution >= 0.6 is 30.6 Å². The molecule has 220 valence electrons. The summed E-state index contributed by atoms with van der Waals surface area (Å²) in [6.45, 7) is 13.0. The van der Waals surface area contributed by atoms with Crippen molar-refractivity contribution in [3.05, 3.63) is 45.7 Å². The normalized spacial score (nSPS) is 22.8. The Morgan fingerprint density at radius 1 is 1.23 bits per heavy atom. The summed E-state index contributed by atoms with van der Waals surface area (Å²) in [5.74, 6) is 1.47. The van der Waals surface area contributed by atoms with Crippen LogP contribution in [0.4, 0.5) is 5.82 Å². The van der Waals surface area contributed by atoms with Crippen molar-refractivity contribution in [1.82, 2.24) is 24.6 Å². The number of nitrogens with two attached hydrogens (primary N) is 1. The molecule has 3 N–H and O–H groups in total. The fourth-order valence-corrected chi connectivity index (χ4v) is 6.63. The van der Waals surface area contributed by atoms with Gasteiger partial charge in [-0.2, -0.15) is 5.10 Å². The smallest absolute Gasteiger partial charge is 0.194 e. The lowest BCUT2D eigenvalue weighted by Gasteiger charge is -2.43. The van der Waals surface area contributed by atoms with Gasteiger partial charge in [0.05, 0.1) is 17.9 Å². The molecular formula is C28H42Cl2N7O2P. The van der Waals surface area contributed by atoms with Gasteiger partial charge in [-0.3, -0.25) is 9.46 Å². The topological polar surface area (TPSA) is 113 Å². The maximum absolute atomic E-state index is 9.77. The molecule has 2 aromatic heterocycles. The van der Waals surface area contributed by atoms with Crippen molar-refractivity contribution in [3.63, 3.8) is 0 Å². The standard InChI is InChI=1S/C26H35Cl2N7.C2H7O2P/c1-16-15-33(12-9-23(16)34-11-4-5-20(34)8-10-29)24-14-30-25-17(2)32-35(26(25)31-24)18(3)21-7-6-19(27)13-22(21)28;1-5(2,3)4/h6-7,13-14,16,18,20,23H,4-5,8-12,15,29H2,1-3H3;1-2H3,(H,3,4)/t16-,18-,20+,23?;/m1./s1. The first kappa shape index (κ1) is 31.2. The Balaban J connectivity index is 0.000000681. The van der Waals surface area contributed by atoms with Crippen molar-refractivity contribution in [2.75, 3.05) is 44.4 Å². The van der Waals surface area contributed by atoms with Crippen LogP contribution in [0, 0.1) is 12.8 Å². The SMILES string of the molecule is CP(C)(=O)O.Cc1nn([C@H](C)c2ccc(Cl)cc2Cl)c2nc(N3CCC(N4CCC[C@H]4CCN)[C@H](C)C3)cnc12. The lowest BCUT2D eigenvalue weighted by atomic mass is 9.91. The number of likely N-dealkylation sites (tertiary alicyclic amines) is 1. The first-order chi connectivity index (χ1) is 18.9. The molecule has 0 spiro atoms. The largest absolute Gasteiger partial charge is 0.355 e. The minimum atomic E-state index is -2.64. The van der Waals surface area contributed by atoms with E-state index in [1.165, 1.54) is 32.7 Å². The molecule has 9 nitrogen and oxygen atoms in total. The summed E-state index contributed by atoms with van der Waals surface area (Å²) in [6.07, 6.45) is 6.72. The minimum absolute atomic E-state index is 0.0974. The molecule has 5 rings (SSSR count). The second-order valence-electron chi connectivity index (χ2n) is 11.5. The van der Waals surface area contributed by atoms with Crippen LogP contribution in [0.15, 0.2) is 24.4 Å². The monoisotopic (exact) mass is 609 g/mol. The van der Waals surface area contributed by atoms with E-state index in [0.29, 0.717) is 28.0 Å². The zero-order valence-electron chi connectivity index (χ0n) is 24.1. The number of rotatable bonds is 6. The van der Waals surface area contributed by atoms with E-state index in [1.807, 2.05) is 29.9 Å². The van der Waals surface area contributed by atoms with Gasteiger partial charge >= 0.3 is 0 Å². The van der Waals surface area contributed by atoms with Crippen molar-refractivity contribution >= 4 is 47.6 Å². The maximum Gasteiger partial charge on any atom is 0.194 e. The van der Waals surface area contributed by atoms with Gasteiger partial charge in [0.2, 0.25) is 0 Å². The predicted molar refractivity (Wildman–Crippen MR) is 165 cm³/mol. The number of hydrogen-bond donors (Lipinski definition) is 2. The number of piperidine rings is 1. The lowest BCUT2D eigenvalue weighted by molar-refractivity contribution is 0.112. The van der Waals surface area contributed by atoms with Crippen LogP contribution in [0.1, 0.15) is 56.8 Å². The minimum Gasteiger partial charge on any atom is -0.355 e. The third-order valence-electron chi connectivity index (χ3n) is 7.87. The summed E-state index contributed by atoms with van der Waals surface area (Å²) in [4.78, 5) is 23.1. The average Bonchev–Trinajstić information content (AvgIpc) is 3.47. The Morgan fingerprint density at radius 2 is 1.95 bits per heavy atom. The summed E-state index contributed by atoms with van der Waals surface area (Å²) in [7, 11) is -2.64. The number of halogens is 2. The fourth-order valence-electron chi connectivity index (χ4n) is 6.07. The highest BCUT2D eigenvalue weighted by Crippen LogP contribution is 2.34. The zero-order valence-corrected chi connectivity index (χ0v) is 26.5. The summed E-state index contributed by atoms with van der Waals surface area (Å²) < 4.78 is 11.7. The molecule has 0 bridgehead atoms. The van der Waals surface area contributed by atoms with E-state index in [2.05, 4.69) is 23.6 Å². The molecule has 2 saturated heterocycles. The number of fused-ring (bicyclic) bond motifs is 1. The Hall–Kier alpha value is -1.74. The third kappa shape index (κ3) is 7.36. The quantitative estimate of drug-likeness (QED) is 0.347. The van der Waals surface area contributed by atoms with E-state index in [9.17, 15) is 4.57 Å². The van der Waals surface area contributed by atoms with Crippen LogP contribution in [0.2, 0.25) is 10.0 Å². The fraction of sp³-hybridized carbons (Fsp3) is 0.607. The number of hydrogen-bond acceptors (Lipinski definition) is 7. The van der Waals surface area contributed by atoms with Gasteiger partial charge in [0, 0.05) is 48.5 Å². The van der Waals surface area contributed by atoms with Crippen LogP contribution in [0.25, 0.3) is 11.2 Å². The average molecular weight is 611 g/mol. The van der Waals surface area contributed by atoms with Gasteiger partial charge in [-0.1, -0.05) is 36.2 Å². The highest BCUT2D eigenvalue weighted by atomic mass is 35.5. The zero-order chi connectivity index (χ0) is 29.2. The van der Waals surface area contributed by atoms with Gasteiger partial charge in [-0.25, -0.2) is 14.6 Å². The molecule has 2 aliphatic rings. The summed E-state index contributed by atoms with van der Waals surface area (Å²) in [6, 6.07) is 6.75. The number of aromatic nitrogens is 4. The van der Waals surface area contributed by atoms with E-state index in [0.717, 1.165) is 60.7 Å². The van der Waals surface area contributed by atoms with Crippen molar-refractivity contribution in [2.45, 2.75) is 64.6 Å².